The molecule has 0 aromatic heterocycles. The van der Waals surface area contributed by atoms with E-state index in [9.17, 15) is 9.59 Å². The molecule has 0 radical (unpaired) electrons. The number of urea groups is 1. The van der Waals surface area contributed by atoms with Crippen molar-refractivity contribution in [1.29, 1.82) is 0 Å². The van der Waals surface area contributed by atoms with E-state index in [1.807, 2.05) is 35.2 Å². The fourth-order valence-corrected chi connectivity index (χ4v) is 3.73. The molecule has 7 heteroatoms. The third-order valence-electron chi connectivity index (χ3n) is 5.34. The summed E-state index contributed by atoms with van der Waals surface area (Å²) in [6.45, 7) is 2.90. The molecule has 2 fully saturated rings. The first kappa shape index (κ1) is 18.7. The van der Waals surface area contributed by atoms with Crippen LogP contribution < -0.4 is 16.0 Å². The Labute approximate surface area is 154 Å². The van der Waals surface area contributed by atoms with Crippen molar-refractivity contribution >= 4 is 17.6 Å². The van der Waals surface area contributed by atoms with Crippen LogP contribution >= 0.6 is 0 Å². The van der Waals surface area contributed by atoms with Gasteiger partial charge in [-0.25, -0.2) is 4.79 Å². The topological polar surface area (TPSA) is 82.7 Å². The van der Waals surface area contributed by atoms with Crippen LogP contribution in [0.25, 0.3) is 0 Å². The number of likely N-dealkylation sites (tertiary alicyclic amines) is 1. The summed E-state index contributed by atoms with van der Waals surface area (Å²) in [6, 6.07) is 9.25. The van der Waals surface area contributed by atoms with Gasteiger partial charge < -0.3 is 25.6 Å². The average molecular weight is 360 g/mol. The van der Waals surface area contributed by atoms with Crippen molar-refractivity contribution in [2.24, 2.45) is 0 Å². The van der Waals surface area contributed by atoms with Crippen LogP contribution in [0.15, 0.2) is 30.3 Å². The number of nitrogens with zero attached hydrogens (tertiary/aromatic N) is 1. The van der Waals surface area contributed by atoms with Gasteiger partial charge in [-0.05, 0) is 50.9 Å². The highest BCUT2D eigenvalue weighted by Crippen LogP contribution is 2.26. The van der Waals surface area contributed by atoms with Gasteiger partial charge in [0.05, 0.1) is 0 Å². The fraction of sp³-hybridized carbons (Fsp3) is 0.579. The molecular formula is C19H28N4O3. The van der Waals surface area contributed by atoms with Crippen molar-refractivity contribution < 1.29 is 14.3 Å². The van der Waals surface area contributed by atoms with Gasteiger partial charge in [0.15, 0.2) is 0 Å². The monoisotopic (exact) mass is 360 g/mol. The van der Waals surface area contributed by atoms with Crippen molar-refractivity contribution in [1.82, 2.24) is 15.5 Å². The quantitative estimate of drug-likeness (QED) is 0.761. The van der Waals surface area contributed by atoms with Gasteiger partial charge in [0.2, 0.25) is 0 Å². The van der Waals surface area contributed by atoms with Crippen molar-refractivity contribution in [3.63, 3.8) is 0 Å². The van der Waals surface area contributed by atoms with E-state index in [1.165, 1.54) is 0 Å². The summed E-state index contributed by atoms with van der Waals surface area (Å²) in [5, 5.41) is 9.11. The molecule has 1 aromatic rings. The van der Waals surface area contributed by atoms with E-state index in [0.29, 0.717) is 25.9 Å². The average Bonchev–Trinajstić information content (AvgIpc) is 2.69. The lowest BCUT2D eigenvalue weighted by Gasteiger charge is -2.41. The zero-order valence-electron chi connectivity index (χ0n) is 15.3. The number of nitrogens with one attached hydrogen (secondary N) is 3. The fourth-order valence-electron chi connectivity index (χ4n) is 3.73. The molecule has 0 bridgehead atoms. The smallest absolute Gasteiger partial charge is 0.319 e. The van der Waals surface area contributed by atoms with Crippen LogP contribution in [-0.2, 0) is 9.53 Å². The number of methoxy groups -OCH3 is 1. The van der Waals surface area contributed by atoms with Crippen LogP contribution in [0, 0.1) is 0 Å². The lowest BCUT2D eigenvalue weighted by molar-refractivity contribution is -0.159. The second kappa shape index (κ2) is 8.51. The highest BCUT2D eigenvalue weighted by Gasteiger charge is 2.43. The SMILES string of the molecule is COC1(C(=O)N2CCC(NC(=O)Nc3ccccc3)CC2)CCNCC1. The van der Waals surface area contributed by atoms with Crippen LogP contribution in [0.3, 0.4) is 0 Å². The minimum absolute atomic E-state index is 0.0780. The molecule has 0 aliphatic carbocycles. The van der Waals surface area contributed by atoms with Gasteiger partial charge in [-0.3, -0.25) is 4.79 Å². The Hall–Kier alpha value is -2.12. The zero-order valence-corrected chi connectivity index (χ0v) is 15.3. The molecule has 2 aliphatic rings. The number of carbonyl (C=O) groups is 2. The minimum Gasteiger partial charge on any atom is -0.368 e. The number of benzene rings is 1. The summed E-state index contributed by atoms with van der Waals surface area (Å²) in [5.41, 5.74) is 0.0847. The largest absolute Gasteiger partial charge is 0.368 e. The van der Waals surface area contributed by atoms with E-state index in [0.717, 1.165) is 31.6 Å². The van der Waals surface area contributed by atoms with Crippen LogP contribution in [0.2, 0.25) is 0 Å². The normalized spacial score (nSPS) is 20.4. The van der Waals surface area contributed by atoms with E-state index >= 15 is 0 Å². The van der Waals surface area contributed by atoms with E-state index < -0.39 is 5.60 Å². The molecule has 0 unspecified atom stereocenters. The Morgan fingerprint density at radius 3 is 2.42 bits per heavy atom. The highest BCUT2D eigenvalue weighted by molar-refractivity contribution is 5.89. The number of carbonyl (C=O) groups excluding carboxylic acids is 2. The van der Waals surface area contributed by atoms with Crippen molar-refractivity contribution in [3.8, 4) is 0 Å². The molecule has 3 amide bonds. The maximum atomic E-state index is 12.9. The second-order valence-electron chi connectivity index (χ2n) is 6.98. The molecule has 2 heterocycles. The molecule has 0 spiro atoms. The maximum absolute atomic E-state index is 12.9. The standard InChI is InChI=1S/C19H28N4O3/c1-26-19(9-11-20-12-10-19)17(24)23-13-7-16(8-14-23)22-18(25)21-15-5-3-2-4-6-15/h2-6,16,20H,7-14H2,1H3,(H2,21,22,25). The first-order chi connectivity index (χ1) is 12.6. The predicted molar refractivity (Wildman–Crippen MR) is 100 cm³/mol. The summed E-state index contributed by atoms with van der Waals surface area (Å²) >= 11 is 0. The van der Waals surface area contributed by atoms with Gasteiger partial charge in [0.25, 0.3) is 5.91 Å². The molecule has 2 aliphatic heterocycles. The predicted octanol–water partition coefficient (Wildman–Crippen LogP) is 1.57. The summed E-state index contributed by atoms with van der Waals surface area (Å²) in [6.07, 6.45) is 2.93. The van der Waals surface area contributed by atoms with Crippen LogP contribution in [0.1, 0.15) is 25.7 Å². The Bertz CT molecular complexity index is 608. The van der Waals surface area contributed by atoms with E-state index in [-0.39, 0.29) is 18.0 Å². The third-order valence-corrected chi connectivity index (χ3v) is 5.34. The molecule has 0 atom stereocenters. The summed E-state index contributed by atoms with van der Waals surface area (Å²) in [5.74, 6) is 0.0914. The van der Waals surface area contributed by atoms with Gasteiger partial charge in [-0.15, -0.1) is 0 Å². The Kier molecular flexibility index (Phi) is 6.11. The number of piperidine rings is 2. The van der Waals surface area contributed by atoms with Crippen molar-refractivity contribution in [2.75, 3.05) is 38.6 Å². The van der Waals surface area contributed by atoms with E-state index in [2.05, 4.69) is 16.0 Å². The number of anilines is 1. The Balaban J connectivity index is 1.48. The maximum Gasteiger partial charge on any atom is 0.319 e. The lowest BCUT2D eigenvalue weighted by Crippen LogP contribution is -2.58. The number of hydrogen-bond acceptors (Lipinski definition) is 4. The number of para-hydroxylation sites is 1. The molecule has 3 N–H and O–H groups in total. The Morgan fingerprint density at radius 1 is 1.15 bits per heavy atom. The molecule has 2 saturated heterocycles. The van der Waals surface area contributed by atoms with Gasteiger partial charge in [-0.1, -0.05) is 18.2 Å². The first-order valence-corrected chi connectivity index (χ1v) is 9.31. The number of rotatable bonds is 4. The van der Waals surface area contributed by atoms with Gasteiger partial charge >= 0.3 is 6.03 Å². The molecule has 1 aromatic carbocycles. The second-order valence-corrected chi connectivity index (χ2v) is 6.98. The van der Waals surface area contributed by atoms with Crippen molar-refractivity contribution in [3.05, 3.63) is 30.3 Å². The number of hydrogen-bond donors (Lipinski definition) is 3. The molecule has 26 heavy (non-hydrogen) atoms. The van der Waals surface area contributed by atoms with E-state index in [4.69, 9.17) is 4.74 Å². The highest BCUT2D eigenvalue weighted by atomic mass is 16.5. The number of amides is 3. The summed E-state index contributed by atoms with van der Waals surface area (Å²) < 4.78 is 5.64. The molecule has 7 nitrogen and oxygen atoms in total. The molecule has 3 rings (SSSR count). The summed E-state index contributed by atoms with van der Waals surface area (Å²) in [7, 11) is 1.63. The summed E-state index contributed by atoms with van der Waals surface area (Å²) in [4.78, 5) is 27.0. The van der Waals surface area contributed by atoms with Crippen LogP contribution in [-0.4, -0.2) is 61.8 Å². The van der Waals surface area contributed by atoms with Gasteiger partial charge in [0.1, 0.15) is 5.60 Å². The van der Waals surface area contributed by atoms with E-state index in [1.54, 1.807) is 7.11 Å². The first-order valence-electron chi connectivity index (χ1n) is 9.31. The molecule has 142 valence electrons. The lowest BCUT2D eigenvalue weighted by atomic mass is 9.89. The molecule has 0 saturated carbocycles. The minimum atomic E-state index is -0.684. The van der Waals surface area contributed by atoms with Gasteiger partial charge in [-0.2, -0.15) is 0 Å². The number of ether oxygens (including phenoxy) is 1. The third kappa shape index (κ3) is 4.34. The molecular weight excluding hydrogens is 332 g/mol. The zero-order chi connectivity index (χ0) is 18.4. The van der Waals surface area contributed by atoms with Crippen LogP contribution in [0.5, 0.6) is 0 Å². The Morgan fingerprint density at radius 2 is 1.81 bits per heavy atom. The van der Waals surface area contributed by atoms with Crippen LogP contribution in [0.4, 0.5) is 10.5 Å². The van der Waals surface area contributed by atoms with Gasteiger partial charge in [0, 0.05) is 31.9 Å². The van der Waals surface area contributed by atoms with Crippen molar-refractivity contribution in [2.45, 2.75) is 37.3 Å².